The molecule has 0 aromatic heterocycles. The fraction of sp³-hybridized carbons (Fsp3) is 0.500. The molecule has 2 nitrogen and oxygen atoms in total. The Morgan fingerprint density at radius 1 is 1.13 bits per heavy atom. The van der Waals surface area contributed by atoms with E-state index >= 15 is 0 Å². The summed E-state index contributed by atoms with van der Waals surface area (Å²) in [7, 11) is -0.763. The maximum atomic E-state index is 11.0. The van der Waals surface area contributed by atoms with Crippen LogP contribution in [-0.4, -0.2) is 22.2 Å². The molecule has 0 saturated carbocycles. The molecule has 1 rings (SSSR count). The maximum absolute atomic E-state index is 11.0. The van der Waals surface area contributed by atoms with Crippen molar-refractivity contribution >= 4 is 10.8 Å². The lowest BCUT2D eigenvalue weighted by molar-refractivity contribution is 0.284. The first-order chi connectivity index (χ1) is 7.22. The molecule has 0 fully saturated rings. The molecule has 0 saturated heterocycles. The van der Waals surface area contributed by atoms with Gasteiger partial charge in [-0.25, -0.2) is 0 Å². The molecule has 0 radical (unpaired) electrons. The normalized spacial score (nSPS) is 12.7. The summed E-state index contributed by atoms with van der Waals surface area (Å²) in [6, 6.07) is 8.24. The Labute approximate surface area is 93.8 Å². The zero-order valence-electron chi connectivity index (χ0n) is 9.11. The van der Waals surface area contributed by atoms with Crippen LogP contribution in [0.25, 0.3) is 0 Å². The number of hydrogen-bond acceptors (Lipinski definition) is 2. The third-order valence-corrected chi connectivity index (χ3v) is 3.01. The Hall–Kier alpha value is -0.670. The smallest absolute Gasteiger partial charge is 0.0482 e. The Kier molecular flexibility index (Phi) is 5.58. The van der Waals surface area contributed by atoms with Gasteiger partial charge >= 0.3 is 0 Å². The summed E-state index contributed by atoms with van der Waals surface area (Å²) in [5.74, 6) is 0.636. The van der Waals surface area contributed by atoms with Crippen molar-refractivity contribution in [2.24, 2.45) is 0 Å². The number of aliphatic hydroxyl groups excluding tert-OH is 1. The van der Waals surface area contributed by atoms with E-state index in [1.165, 1.54) is 5.56 Å². The summed E-state index contributed by atoms with van der Waals surface area (Å²) in [5.41, 5.74) is 2.41. The van der Waals surface area contributed by atoms with Crippen LogP contribution in [0.2, 0.25) is 0 Å². The summed E-state index contributed by atoms with van der Waals surface area (Å²) >= 11 is 0. The van der Waals surface area contributed by atoms with Gasteiger partial charge in [0.2, 0.25) is 0 Å². The van der Waals surface area contributed by atoms with Crippen molar-refractivity contribution in [3.63, 3.8) is 0 Å². The summed E-state index contributed by atoms with van der Waals surface area (Å²) < 4.78 is 11.0. The number of aryl methyl sites for hydroxylation is 1. The van der Waals surface area contributed by atoms with Crippen molar-refractivity contribution < 1.29 is 9.32 Å². The lowest BCUT2D eigenvalue weighted by Crippen LogP contribution is -1.93. The third kappa shape index (κ3) is 5.09. The molecule has 0 unspecified atom stereocenters. The van der Waals surface area contributed by atoms with Crippen LogP contribution >= 0.6 is 0 Å². The van der Waals surface area contributed by atoms with Crippen LogP contribution < -0.4 is 0 Å². The van der Waals surface area contributed by atoms with E-state index in [1.54, 1.807) is 6.26 Å². The zero-order valence-corrected chi connectivity index (χ0v) is 9.93. The molecule has 0 bridgehead atoms. The largest absolute Gasteiger partial charge is 0.396 e. The molecular formula is C12H18O2S. The fourth-order valence-corrected chi connectivity index (χ4v) is 2.14. The van der Waals surface area contributed by atoms with Gasteiger partial charge < -0.3 is 5.11 Å². The fourth-order valence-electron chi connectivity index (χ4n) is 1.48. The molecule has 0 aliphatic rings. The average molecular weight is 226 g/mol. The molecule has 0 spiro atoms. The Balaban J connectivity index is 2.45. The van der Waals surface area contributed by atoms with Crippen LogP contribution in [-0.2, 0) is 23.0 Å². The highest BCUT2D eigenvalue weighted by Crippen LogP contribution is 2.09. The van der Waals surface area contributed by atoms with Crippen LogP contribution in [0, 0.1) is 0 Å². The van der Waals surface area contributed by atoms with Gasteiger partial charge in [0, 0.05) is 29.4 Å². The molecular weight excluding hydrogens is 208 g/mol. The SMILES string of the molecule is C[S@](=O)Cc1ccc(CCCCO)cc1. The van der Waals surface area contributed by atoms with Crippen molar-refractivity contribution in [1.82, 2.24) is 0 Å². The summed E-state index contributed by atoms with van der Waals surface area (Å²) in [6.45, 7) is 0.271. The Morgan fingerprint density at radius 2 is 1.73 bits per heavy atom. The molecule has 84 valence electrons. The van der Waals surface area contributed by atoms with Gasteiger partial charge in [-0.3, -0.25) is 4.21 Å². The topological polar surface area (TPSA) is 37.3 Å². The molecule has 0 amide bonds. The molecule has 0 heterocycles. The van der Waals surface area contributed by atoms with Crippen molar-refractivity contribution in [1.29, 1.82) is 0 Å². The highest BCUT2D eigenvalue weighted by molar-refractivity contribution is 7.83. The first-order valence-electron chi connectivity index (χ1n) is 5.21. The van der Waals surface area contributed by atoms with Crippen molar-refractivity contribution in [2.45, 2.75) is 25.0 Å². The molecule has 0 aliphatic carbocycles. The molecule has 1 N–H and O–H groups in total. The van der Waals surface area contributed by atoms with Crippen LogP contribution in [0.3, 0.4) is 0 Å². The second kappa shape index (κ2) is 6.75. The molecule has 15 heavy (non-hydrogen) atoms. The average Bonchev–Trinajstić information content (AvgIpc) is 2.20. The second-order valence-electron chi connectivity index (χ2n) is 3.71. The second-order valence-corrected chi connectivity index (χ2v) is 5.15. The van der Waals surface area contributed by atoms with Gasteiger partial charge in [0.25, 0.3) is 0 Å². The van der Waals surface area contributed by atoms with Gasteiger partial charge in [-0.1, -0.05) is 24.3 Å². The first kappa shape index (κ1) is 12.4. The van der Waals surface area contributed by atoms with Gasteiger partial charge in [-0.15, -0.1) is 0 Å². The van der Waals surface area contributed by atoms with E-state index in [-0.39, 0.29) is 6.61 Å². The van der Waals surface area contributed by atoms with Crippen molar-refractivity contribution in [2.75, 3.05) is 12.9 Å². The summed E-state index contributed by atoms with van der Waals surface area (Å²) in [4.78, 5) is 0. The third-order valence-electron chi connectivity index (χ3n) is 2.27. The summed E-state index contributed by atoms with van der Waals surface area (Å²) in [5, 5.41) is 8.65. The minimum atomic E-state index is -0.763. The first-order valence-corrected chi connectivity index (χ1v) is 6.94. The summed E-state index contributed by atoms with van der Waals surface area (Å²) in [6.07, 6.45) is 4.61. The van der Waals surface area contributed by atoms with Crippen LogP contribution in [0.1, 0.15) is 24.0 Å². The van der Waals surface area contributed by atoms with Crippen LogP contribution in [0.4, 0.5) is 0 Å². The molecule has 0 aliphatic heterocycles. The van der Waals surface area contributed by atoms with Gasteiger partial charge in [-0.05, 0) is 30.4 Å². The van der Waals surface area contributed by atoms with Crippen molar-refractivity contribution in [3.8, 4) is 0 Å². The van der Waals surface area contributed by atoms with Gasteiger partial charge in [-0.2, -0.15) is 0 Å². The number of unbranched alkanes of at least 4 members (excludes halogenated alkanes) is 1. The molecule has 1 aromatic carbocycles. The number of hydrogen-bond donors (Lipinski definition) is 1. The molecule has 3 heteroatoms. The Morgan fingerprint density at radius 3 is 2.27 bits per heavy atom. The lowest BCUT2D eigenvalue weighted by Gasteiger charge is -2.02. The zero-order chi connectivity index (χ0) is 11.1. The van der Waals surface area contributed by atoms with Crippen molar-refractivity contribution in [3.05, 3.63) is 35.4 Å². The van der Waals surface area contributed by atoms with E-state index in [0.717, 1.165) is 24.8 Å². The highest BCUT2D eigenvalue weighted by Gasteiger charge is 1.97. The molecule has 1 atom stereocenters. The predicted octanol–water partition coefficient (Wildman–Crippen LogP) is 1.88. The van der Waals surface area contributed by atoms with E-state index in [4.69, 9.17) is 5.11 Å². The number of rotatable bonds is 6. The highest BCUT2D eigenvalue weighted by atomic mass is 32.2. The van der Waals surface area contributed by atoms with Gasteiger partial charge in [0.15, 0.2) is 0 Å². The maximum Gasteiger partial charge on any atom is 0.0482 e. The van der Waals surface area contributed by atoms with Crippen LogP contribution in [0.5, 0.6) is 0 Å². The molecule has 1 aromatic rings. The van der Waals surface area contributed by atoms with E-state index in [2.05, 4.69) is 12.1 Å². The quantitative estimate of drug-likeness (QED) is 0.752. The minimum absolute atomic E-state index is 0.271. The predicted molar refractivity (Wildman–Crippen MR) is 64.2 cm³/mol. The van der Waals surface area contributed by atoms with E-state index < -0.39 is 10.8 Å². The van der Waals surface area contributed by atoms with E-state index in [1.807, 2.05) is 12.1 Å². The van der Waals surface area contributed by atoms with Crippen LogP contribution in [0.15, 0.2) is 24.3 Å². The standard InChI is InChI=1S/C12H18O2S/c1-15(14)10-12-7-5-11(6-8-12)4-2-3-9-13/h5-8,13H,2-4,9-10H2,1H3/t15-/m0/s1. The van der Waals surface area contributed by atoms with E-state index in [0.29, 0.717) is 5.75 Å². The van der Waals surface area contributed by atoms with Gasteiger partial charge in [0.1, 0.15) is 0 Å². The minimum Gasteiger partial charge on any atom is -0.396 e. The Bertz CT molecular complexity index is 306. The number of aliphatic hydroxyl groups is 1. The number of benzene rings is 1. The monoisotopic (exact) mass is 226 g/mol. The lowest BCUT2D eigenvalue weighted by atomic mass is 10.1. The van der Waals surface area contributed by atoms with E-state index in [9.17, 15) is 4.21 Å². The van der Waals surface area contributed by atoms with Gasteiger partial charge in [0.05, 0.1) is 0 Å².